The molecule has 0 aromatic carbocycles. The van der Waals surface area contributed by atoms with Crippen molar-refractivity contribution in [3.8, 4) is 10.6 Å². The number of aromatic nitrogens is 2. The quantitative estimate of drug-likeness (QED) is 0.767. The first-order valence-electron chi connectivity index (χ1n) is 7.62. The van der Waals surface area contributed by atoms with Crippen LogP contribution in [-0.2, 0) is 4.74 Å². The smallest absolute Gasteiger partial charge is 0.409 e. The molecule has 2 N–H and O–H groups in total. The van der Waals surface area contributed by atoms with Gasteiger partial charge in [-0.1, -0.05) is 0 Å². The molecule has 0 bridgehead atoms. The zero-order valence-corrected chi connectivity index (χ0v) is 14.9. The predicted octanol–water partition coefficient (Wildman–Crippen LogP) is 2.68. The summed E-state index contributed by atoms with van der Waals surface area (Å²) in [5.74, 6) is -2.59. The molecule has 0 aliphatic carbocycles. The molecule has 2 aromatic heterocycles. The van der Waals surface area contributed by atoms with Gasteiger partial charge >= 0.3 is 6.09 Å². The number of rotatable bonds is 6. The molecular weight excluding hydrogens is 347 g/mol. The van der Waals surface area contributed by atoms with Crippen LogP contribution in [0.2, 0.25) is 0 Å². The molecule has 1 atom stereocenters. The second-order valence-corrected chi connectivity index (χ2v) is 6.40. The van der Waals surface area contributed by atoms with E-state index in [4.69, 9.17) is 0 Å². The average molecular weight is 366 g/mol. The Bertz CT molecular complexity index is 749. The molecule has 134 valence electrons. The molecule has 9 heteroatoms. The van der Waals surface area contributed by atoms with Crippen LogP contribution in [0.15, 0.2) is 24.5 Å². The Hall–Kier alpha value is -2.55. The van der Waals surface area contributed by atoms with Crippen molar-refractivity contribution in [2.45, 2.75) is 26.6 Å². The van der Waals surface area contributed by atoms with Crippen molar-refractivity contribution in [2.75, 3.05) is 13.2 Å². The van der Waals surface area contributed by atoms with Crippen LogP contribution < -0.4 is 10.6 Å². The summed E-state index contributed by atoms with van der Waals surface area (Å²) in [7, 11) is 0. The minimum atomic E-state index is -2.13. The zero-order valence-electron chi connectivity index (χ0n) is 14.1. The van der Waals surface area contributed by atoms with Gasteiger partial charge in [0, 0.05) is 18.0 Å². The highest BCUT2D eigenvalue weighted by Gasteiger charge is 2.28. The molecule has 0 radical (unpaired) electrons. The molecule has 0 aliphatic rings. The normalized spacial score (nSPS) is 13.0. The Kier molecular flexibility index (Phi) is 6.02. The summed E-state index contributed by atoms with van der Waals surface area (Å²) in [6.45, 7) is 4.20. The van der Waals surface area contributed by atoms with Crippen LogP contribution in [0, 0.1) is 6.92 Å². The third-order valence-corrected chi connectivity index (χ3v) is 4.34. The summed E-state index contributed by atoms with van der Waals surface area (Å²) in [6.07, 6.45) is 2.42. The van der Waals surface area contributed by atoms with Gasteiger partial charge in [0.15, 0.2) is 5.79 Å². The first kappa shape index (κ1) is 18.8. The summed E-state index contributed by atoms with van der Waals surface area (Å²) in [5, 5.41) is 5.17. The van der Waals surface area contributed by atoms with Gasteiger partial charge in [0.2, 0.25) is 0 Å². The maximum atomic E-state index is 14.3. The lowest BCUT2D eigenvalue weighted by Crippen LogP contribution is -2.50. The first-order valence-corrected chi connectivity index (χ1v) is 8.44. The van der Waals surface area contributed by atoms with Crippen LogP contribution in [0.3, 0.4) is 0 Å². The molecular formula is C16H19FN4O3S. The van der Waals surface area contributed by atoms with E-state index in [0.717, 1.165) is 12.5 Å². The summed E-state index contributed by atoms with van der Waals surface area (Å²) in [4.78, 5) is 32.3. The maximum Gasteiger partial charge on any atom is 0.409 e. The number of ether oxygens (including phenoxy) is 1. The predicted molar refractivity (Wildman–Crippen MR) is 92.1 cm³/mol. The highest BCUT2D eigenvalue weighted by Crippen LogP contribution is 2.27. The number of carbonyl (C=O) groups excluding carboxylic acids is 2. The zero-order chi connectivity index (χ0) is 18.4. The van der Waals surface area contributed by atoms with E-state index in [-0.39, 0.29) is 6.61 Å². The molecule has 2 aromatic rings. The number of hydrogen-bond donors (Lipinski definition) is 2. The summed E-state index contributed by atoms with van der Waals surface area (Å²) in [5.41, 5.74) is 1.34. The van der Waals surface area contributed by atoms with E-state index >= 15 is 0 Å². The standard InChI is InChI=1S/C16H19FN4O3S/c1-4-24-15(23)21-16(3,17)9-19-13(22)12-10(2)20-14(25-12)11-6-5-7-18-8-11/h5-8H,4,9H2,1-3H3,(H,19,22)(H,21,23). The van der Waals surface area contributed by atoms with Crippen LogP contribution in [0.25, 0.3) is 10.6 Å². The fourth-order valence-corrected chi connectivity index (χ4v) is 2.94. The van der Waals surface area contributed by atoms with Crippen molar-refractivity contribution in [3.05, 3.63) is 35.1 Å². The summed E-state index contributed by atoms with van der Waals surface area (Å²) >= 11 is 1.20. The van der Waals surface area contributed by atoms with Crippen molar-refractivity contribution >= 4 is 23.3 Å². The van der Waals surface area contributed by atoms with E-state index in [1.165, 1.54) is 11.3 Å². The number of alkyl halides is 1. The lowest BCUT2D eigenvalue weighted by Gasteiger charge is -2.21. The number of hydrogen-bond acceptors (Lipinski definition) is 6. The highest BCUT2D eigenvalue weighted by atomic mass is 32.1. The van der Waals surface area contributed by atoms with Crippen LogP contribution >= 0.6 is 11.3 Å². The van der Waals surface area contributed by atoms with Crippen LogP contribution in [-0.4, -0.2) is 40.9 Å². The monoisotopic (exact) mass is 366 g/mol. The number of nitrogens with one attached hydrogen (secondary N) is 2. The van der Waals surface area contributed by atoms with E-state index in [1.54, 1.807) is 32.3 Å². The average Bonchev–Trinajstić information content (AvgIpc) is 2.95. The number of pyridine rings is 1. The van der Waals surface area contributed by atoms with Crippen molar-refractivity contribution in [2.24, 2.45) is 0 Å². The van der Waals surface area contributed by atoms with Gasteiger partial charge in [-0.2, -0.15) is 0 Å². The molecule has 1 unspecified atom stereocenters. The van der Waals surface area contributed by atoms with Gasteiger partial charge in [0.1, 0.15) is 9.88 Å². The number of thiazole rings is 1. The van der Waals surface area contributed by atoms with Crippen LogP contribution in [0.4, 0.5) is 9.18 Å². The summed E-state index contributed by atoms with van der Waals surface area (Å²) in [6, 6.07) is 3.62. The topological polar surface area (TPSA) is 93.2 Å². The van der Waals surface area contributed by atoms with E-state index in [2.05, 4.69) is 20.0 Å². The minimum absolute atomic E-state index is 0.130. The fourth-order valence-electron chi connectivity index (χ4n) is 1.97. The maximum absolute atomic E-state index is 14.3. The van der Waals surface area contributed by atoms with Crippen molar-refractivity contribution in [1.82, 2.24) is 20.6 Å². The Morgan fingerprint density at radius 3 is 2.84 bits per heavy atom. The number of nitrogens with zero attached hydrogens (tertiary/aromatic N) is 2. The fraction of sp³-hybridized carbons (Fsp3) is 0.375. The highest BCUT2D eigenvalue weighted by molar-refractivity contribution is 7.17. The molecule has 0 aliphatic heterocycles. The number of carbonyl (C=O) groups is 2. The molecule has 2 rings (SSSR count). The Balaban J connectivity index is 2.02. The molecule has 2 heterocycles. The second kappa shape index (κ2) is 8.02. The van der Waals surface area contributed by atoms with Crippen molar-refractivity contribution in [3.63, 3.8) is 0 Å². The minimum Gasteiger partial charge on any atom is -0.450 e. The summed E-state index contributed by atoms with van der Waals surface area (Å²) < 4.78 is 18.9. The van der Waals surface area contributed by atoms with Gasteiger partial charge in [-0.15, -0.1) is 11.3 Å². The first-order chi connectivity index (χ1) is 11.8. The molecule has 2 amide bonds. The van der Waals surface area contributed by atoms with E-state index < -0.39 is 24.3 Å². The molecule has 25 heavy (non-hydrogen) atoms. The number of alkyl carbamates (subject to hydrolysis) is 1. The van der Waals surface area contributed by atoms with Gasteiger partial charge in [0.25, 0.3) is 5.91 Å². The van der Waals surface area contributed by atoms with Gasteiger partial charge in [-0.05, 0) is 32.9 Å². The SMILES string of the molecule is CCOC(=O)NC(C)(F)CNC(=O)c1sc(-c2cccnc2)nc1C. The van der Waals surface area contributed by atoms with Gasteiger partial charge in [-0.3, -0.25) is 15.1 Å². The Morgan fingerprint density at radius 1 is 1.44 bits per heavy atom. The number of amides is 2. The second-order valence-electron chi connectivity index (χ2n) is 5.40. The van der Waals surface area contributed by atoms with Gasteiger partial charge in [-0.25, -0.2) is 14.2 Å². The number of aryl methyl sites for hydroxylation is 1. The third kappa shape index (κ3) is 5.21. The number of halogens is 1. The molecule has 0 spiro atoms. The van der Waals surface area contributed by atoms with Crippen molar-refractivity contribution in [1.29, 1.82) is 0 Å². The van der Waals surface area contributed by atoms with Crippen LogP contribution in [0.1, 0.15) is 29.2 Å². The Morgan fingerprint density at radius 2 is 2.20 bits per heavy atom. The molecule has 0 fully saturated rings. The van der Waals surface area contributed by atoms with E-state index in [1.807, 2.05) is 11.4 Å². The van der Waals surface area contributed by atoms with E-state index in [0.29, 0.717) is 15.6 Å². The van der Waals surface area contributed by atoms with Crippen molar-refractivity contribution < 1.29 is 18.7 Å². The molecule has 0 saturated heterocycles. The van der Waals surface area contributed by atoms with E-state index in [9.17, 15) is 14.0 Å². The largest absolute Gasteiger partial charge is 0.450 e. The van der Waals surface area contributed by atoms with Gasteiger partial charge < -0.3 is 10.1 Å². The Labute approximate surface area is 148 Å². The lowest BCUT2D eigenvalue weighted by molar-refractivity contribution is 0.0817. The molecule has 7 nitrogen and oxygen atoms in total. The lowest BCUT2D eigenvalue weighted by atomic mass is 10.3. The third-order valence-electron chi connectivity index (χ3n) is 3.13. The van der Waals surface area contributed by atoms with Crippen LogP contribution in [0.5, 0.6) is 0 Å². The molecule has 0 saturated carbocycles. The van der Waals surface area contributed by atoms with Gasteiger partial charge in [0.05, 0.1) is 18.8 Å².